The second-order valence-electron chi connectivity index (χ2n) is 2.84. The summed E-state index contributed by atoms with van der Waals surface area (Å²) in [5.41, 5.74) is -0.256. The first-order valence-corrected chi connectivity index (χ1v) is 3.92. The van der Waals surface area contributed by atoms with Crippen LogP contribution >= 0.6 is 0 Å². The lowest BCUT2D eigenvalue weighted by Gasteiger charge is -2.06. The average Bonchev–Trinajstić information content (AvgIpc) is 2.08. The molecule has 0 aliphatic carbocycles. The minimum Gasteiger partial charge on any atom is -0.392 e. The minimum atomic E-state index is -0.591. The SMILES string of the molecule is CC(O)Cn1cccc(C#N)c1=O. The van der Waals surface area contributed by atoms with E-state index in [1.54, 1.807) is 25.3 Å². The van der Waals surface area contributed by atoms with Gasteiger partial charge < -0.3 is 9.67 Å². The van der Waals surface area contributed by atoms with E-state index in [4.69, 9.17) is 10.4 Å². The van der Waals surface area contributed by atoms with Crippen LogP contribution in [0.3, 0.4) is 0 Å². The Kier molecular flexibility index (Phi) is 2.83. The van der Waals surface area contributed by atoms with E-state index in [1.807, 2.05) is 0 Å². The highest BCUT2D eigenvalue weighted by Crippen LogP contribution is 1.91. The lowest BCUT2D eigenvalue weighted by molar-refractivity contribution is 0.172. The fourth-order valence-electron chi connectivity index (χ4n) is 1.05. The molecule has 0 bridgehead atoms. The number of hydrogen-bond donors (Lipinski definition) is 1. The van der Waals surface area contributed by atoms with E-state index in [2.05, 4.69) is 0 Å². The molecule has 0 fully saturated rings. The monoisotopic (exact) mass is 178 g/mol. The maximum absolute atomic E-state index is 11.4. The Balaban J connectivity index is 3.11. The van der Waals surface area contributed by atoms with Crippen LogP contribution in [0.15, 0.2) is 23.1 Å². The van der Waals surface area contributed by atoms with Crippen LogP contribution in [0.5, 0.6) is 0 Å². The van der Waals surface area contributed by atoms with Crippen LogP contribution in [0.4, 0.5) is 0 Å². The van der Waals surface area contributed by atoms with Crippen molar-refractivity contribution < 1.29 is 5.11 Å². The molecule has 4 heteroatoms. The number of aliphatic hydroxyl groups is 1. The second kappa shape index (κ2) is 3.87. The lowest BCUT2D eigenvalue weighted by Crippen LogP contribution is -2.26. The van der Waals surface area contributed by atoms with Crippen molar-refractivity contribution in [2.45, 2.75) is 19.6 Å². The predicted octanol–water partition coefficient (Wildman–Crippen LogP) is 0.101. The van der Waals surface area contributed by atoms with Gasteiger partial charge in [0.25, 0.3) is 5.56 Å². The molecular weight excluding hydrogens is 168 g/mol. The molecule has 0 saturated carbocycles. The molecule has 0 amide bonds. The number of nitrogens with zero attached hydrogens (tertiary/aromatic N) is 2. The van der Waals surface area contributed by atoms with Gasteiger partial charge in [-0.3, -0.25) is 4.79 Å². The normalized spacial score (nSPS) is 12.1. The van der Waals surface area contributed by atoms with E-state index in [1.165, 1.54) is 10.6 Å². The number of aliphatic hydroxyl groups excluding tert-OH is 1. The Bertz CT molecular complexity index is 387. The zero-order valence-electron chi connectivity index (χ0n) is 7.27. The molecule has 1 aromatic rings. The highest BCUT2D eigenvalue weighted by Gasteiger charge is 2.03. The topological polar surface area (TPSA) is 66.0 Å². The van der Waals surface area contributed by atoms with E-state index < -0.39 is 6.10 Å². The molecule has 1 rings (SSSR count). The van der Waals surface area contributed by atoms with Crippen molar-refractivity contribution in [2.24, 2.45) is 0 Å². The van der Waals surface area contributed by atoms with Crippen molar-refractivity contribution in [3.8, 4) is 6.07 Å². The lowest BCUT2D eigenvalue weighted by atomic mass is 10.3. The number of nitriles is 1. The molecule has 4 nitrogen and oxygen atoms in total. The fourth-order valence-corrected chi connectivity index (χ4v) is 1.05. The van der Waals surface area contributed by atoms with Gasteiger partial charge in [0.05, 0.1) is 12.6 Å². The summed E-state index contributed by atoms with van der Waals surface area (Å²) >= 11 is 0. The Morgan fingerprint density at radius 3 is 3.00 bits per heavy atom. The van der Waals surface area contributed by atoms with Crippen molar-refractivity contribution >= 4 is 0 Å². The molecule has 1 N–H and O–H groups in total. The molecule has 0 aromatic carbocycles. The van der Waals surface area contributed by atoms with Crippen LogP contribution in [-0.4, -0.2) is 15.8 Å². The van der Waals surface area contributed by atoms with Gasteiger partial charge in [-0.25, -0.2) is 0 Å². The first-order valence-electron chi connectivity index (χ1n) is 3.92. The number of hydrogen-bond acceptors (Lipinski definition) is 3. The maximum atomic E-state index is 11.4. The van der Waals surface area contributed by atoms with Crippen molar-refractivity contribution in [1.29, 1.82) is 5.26 Å². The standard InChI is InChI=1S/C9H10N2O2/c1-7(12)6-11-4-2-3-8(5-10)9(11)13/h2-4,7,12H,6H2,1H3. The van der Waals surface area contributed by atoms with E-state index in [-0.39, 0.29) is 17.7 Å². The summed E-state index contributed by atoms with van der Waals surface area (Å²) in [6.07, 6.45) is 0.960. The number of rotatable bonds is 2. The zero-order chi connectivity index (χ0) is 9.84. The Hall–Kier alpha value is -1.60. The summed E-state index contributed by atoms with van der Waals surface area (Å²) in [6.45, 7) is 1.81. The van der Waals surface area contributed by atoms with E-state index in [0.29, 0.717) is 0 Å². The molecule has 0 spiro atoms. The summed E-state index contributed by atoms with van der Waals surface area (Å²) in [5, 5.41) is 17.6. The van der Waals surface area contributed by atoms with Gasteiger partial charge in [-0.1, -0.05) is 0 Å². The van der Waals surface area contributed by atoms with Gasteiger partial charge in [0.15, 0.2) is 0 Å². The maximum Gasteiger partial charge on any atom is 0.268 e. The molecule has 1 unspecified atom stereocenters. The highest BCUT2D eigenvalue weighted by atomic mass is 16.3. The van der Waals surface area contributed by atoms with Crippen molar-refractivity contribution in [1.82, 2.24) is 4.57 Å². The molecule has 68 valence electrons. The Morgan fingerprint density at radius 1 is 1.77 bits per heavy atom. The average molecular weight is 178 g/mol. The summed E-state index contributed by atoms with van der Waals surface area (Å²) < 4.78 is 1.32. The third-order valence-corrected chi connectivity index (χ3v) is 1.60. The summed E-state index contributed by atoms with van der Waals surface area (Å²) in [6, 6.07) is 4.87. The quantitative estimate of drug-likeness (QED) is 0.698. The third kappa shape index (κ3) is 2.17. The molecule has 1 aromatic heterocycles. The van der Waals surface area contributed by atoms with Gasteiger partial charge >= 0.3 is 0 Å². The van der Waals surface area contributed by atoms with Gasteiger partial charge in [-0.05, 0) is 19.1 Å². The van der Waals surface area contributed by atoms with Gasteiger partial charge in [-0.15, -0.1) is 0 Å². The smallest absolute Gasteiger partial charge is 0.268 e. The van der Waals surface area contributed by atoms with Crippen molar-refractivity contribution in [3.63, 3.8) is 0 Å². The van der Waals surface area contributed by atoms with E-state index >= 15 is 0 Å². The van der Waals surface area contributed by atoms with E-state index in [0.717, 1.165) is 0 Å². The molecule has 1 heterocycles. The van der Waals surface area contributed by atoms with Gasteiger partial charge in [-0.2, -0.15) is 5.26 Å². The van der Waals surface area contributed by atoms with Crippen LogP contribution in [0.25, 0.3) is 0 Å². The number of pyridine rings is 1. The van der Waals surface area contributed by atoms with E-state index in [9.17, 15) is 4.79 Å². The molecule has 13 heavy (non-hydrogen) atoms. The molecule has 0 aliphatic rings. The van der Waals surface area contributed by atoms with Crippen LogP contribution in [-0.2, 0) is 6.54 Å². The Morgan fingerprint density at radius 2 is 2.46 bits per heavy atom. The third-order valence-electron chi connectivity index (χ3n) is 1.60. The van der Waals surface area contributed by atoms with Crippen LogP contribution in [0.1, 0.15) is 12.5 Å². The molecule has 0 aliphatic heterocycles. The Labute approximate surface area is 75.7 Å². The summed E-state index contributed by atoms with van der Waals surface area (Å²) in [4.78, 5) is 11.4. The van der Waals surface area contributed by atoms with Gasteiger partial charge in [0.1, 0.15) is 11.6 Å². The fraction of sp³-hybridized carbons (Fsp3) is 0.333. The molecule has 0 saturated heterocycles. The first kappa shape index (κ1) is 9.49. The van der Waals surface area contributed by atoms with Crippen molar-refractivity contribution in [2.75, 3.05) is 0 Å². The van der Waals surface area contributed by atoms with Gasteiger partial charge in [0, 0.05) is 6.20 Å². The largest absolute Gasteiger partial charge is 0.392 e. The van der Waals surface area contributed by atoms with Crippen LogP contribution in [0.2, 0.25) is 0 Å². The molecule has 1 atom stereocenters. The van der Waals surface area contributed by atoms with Gasteiger partial charge in [0.2, 0.25) is 0 Å². The van der Waals surface area contributed by atoms with Crippen LogP contribution in [0, 0.1) is 11.3 Å². The molecular formula is C9H10N2O2. The zero-order valence-corrected chi connectivity index (χ0v) is 7.27. The highest BCUT2D eigenvalue weighted by molar-refractivity contribution is 5.24. The van der Waals surface area contributed by atoms with Crippen molar-refractivity contribution in [3.05, 3.63) is 34.2 Å². The predicted molar refractivity (Wildman–Crippen MR) is 47.1 cm³/mol. The first-order chi connectivity index (χ1) is 6.15. The summed E-state index contributed by atoms with van der Waals surface area (Å²) in [5.74, 6) is 0. The molecule has 0 radical (unpaired) electrons. The minimum absolute atomic E-state index is 0.100. The second-order valence-corrected chi connectivity index (χ2v) is 2.84. The summed E-state index contributed by atoms with van der Waals surface area (Å²) in [7, 11) is 0. The number of aromatic nitrogens is 1. The van der Waals surface area contributed by atoms with Crippen LogP contribution < -0.4 is 5.56 Å².